The highest BCUT2D eigenvalue weighted by Gasteiger charge is 2.29. The summed E-state index contributed by atoms with van der Waals surface area (Å²) >= 11 is 0. The van der Waals surface area contributed by atoms with Gasteiger partial charge in [0, 0.05) is 17.3 Å². The van der Waals surface area contributed by atoms with Crippen LogP contribution in [0.1, 0.15) is 59.1 Å². The van der Waals surface area contributed by atoms with Gasteiger partial charge >= 0.3 is 0 Å². The van der Waals surface area contributed by atoms with E-state index in [-0.39, 0.29) is 10.5 Å². The fourth-order valence-electron chi connectivity index (χ4n) is 3.76. The summed E-state index contributed by atoms with van der Waals surface area (Å²) in [6, 6.07) is 10.0. The Balaban J connectivity index is 1.98. The van der Waals surface area contributed by atoms with E-state index in [1.165, 1.54) is 23.8 Å². The maximum absolute atomic E-state index is 13.1. The van der Waals surface area contributed by atoms with Gasteiger partial charge in [-0.3, -0.25) is 9.48 Å². The summed E-state index contributed by atoms with van der Waals surface area (Å²) in [5, 5.41) is 4.66. The Morgan fingerprint density at radius 2 is 1.72 bits per heavy atom. The molecule has 8 heteroatoms. The molecule has 7 nitrogen and oxygen atoms in total. The lowest BCUT2D eigenvalue weighted by molar-refractivity contribution is 0.0979. The molecule has 0 bridgehead atoms. The molecule has 0 aliphatic rings. The number of nitrogens with two attached hydrogens (primary N) is 1. The monoisotopic (exact) mass is 454 g/mol. The van der Waals surface area contributed by atoms with Gasteiger partial charge in [0.05, 0.1) is 22.7 Å². The smallest absolute Gasteiger partial charge is 0.268 e. The van der Waals surface area contributed by atoms with Crippen molar-refractivity contribution in [2.24, 2.45) is 0 Å². The van der Waals surface area contributed by atoms with Crippen LogP contribution < -0.4 is 10.5 Å². The molecule has 0 unspecified atom stereocenters. The minimum absolute atomic E-state index is 0.0681. The van der Waals surface area contributed by atoms with Crippen LogP contribution >= 0.6 is 0 Å². The fourth-order valence-corrected chi connectivity index (χ4v) is 4.78. The molecule has 1 aromatic heterocycles. The summed E-state index contributed by atoms with van der Waals surface area (Å²) in [5.41, 5.74) is 10.9. The number of hydrogen-bond acceptors (Lipinski definition) is 5. The topological polar surface area (TPSA) is 107 Å². The zero-order chi connectivity index (χ0) is 23.8. The first-order valence-electron chi connectivity index (χ1n) is 10.4. The van der Waals surface area contributed by atoms with E-state index in [1.54, 1.807) is 16.9 Å². The molecule has 0 aliphatic heterocycles. The number of amides is 1. The summed E-state index contributed by atoms with van der Waals surface area (Å²) in [5.74, 6) is -0.721. The third-order valence-electron chi connectivity index (χ3n) is 5.27. The molecule has 0 spiro atoms. The Morgan fingerprint density at radius 1 is 1.09 bits per heavy atom. The number of nitrogens with zero attached hydrogens (tertiary/aromatic N) is 2. The van der Waals surface area contributed by atoms with Gasteiger partial charge in [-0.1, -0.05) is 44.5 Å². The molecule has 32 heavy (non-hydrogen) atoms. The Hall–Kier alpha value is -3.13. The first kappa shape index (κ1) is 23.5. The lowest BCUT2D eigenvalue weighted by Crippen LogP contribution is -2.32. The molecule has 3 N–H and O–H groups in total. The van der Waals surface area contributed by atoms with Crippen LogP contribution in [0.15, 0.2) is 47.5 Å². The van der Waals surface area contributed by atoms with Crippen molar-refractivity contribution in [2.45, 2.75) is 58.4 Å². The van der Waals surface area contributed by atoms with Crippen molar-refractivity contribution in [3.05, 3.63) is 76.1 Å². The van der Waals surface area contributed by atoms with E-state index in [9.17, 15) is 13.2 Å². The zero-order valence-corrected chi connectivity index (χ0v) is 20.2. The van der Waals surface area contributed by atoms with E-state index in [1.807, 2.05) is 20.8 Å². The second-order valence-electron chi connectivity index (χ2n) is 9.22. The number of sulfonamides is 1. The quantitative estimate of drug-likeness (QED) is 0.570. The second kappa shape index (κ2) is 8.43. The van der Waals surface area contributed by atoms with Gasteiger partial charge in [-0.15, -0.1) is 0 Å². The van der Waals surface area contributed by atoms with Gasteiger partial charge in [-0.2, -0.15) is 5.10 Å². The minimum Gasteiger partial charge on any atom is -0.399 e. The van der Waals surface area contributed by atoms with Crippen molar-refractivity contribution >= 4 is 21.6 Å². The van der Waals surface area contributed by atoms with Gasteiger partial charge in [0.15, 0.2) is 0 Å². The summed E-state index contributed by atoms with van der Waals surface area (Å²) in [6.45, 7) is 12.4. The molecule has 3 rings (SSSR count). The molecule has 0 saturated heterocycles. The van der Waals surface area contributed by atoms with Crippen molar-refractivity contribution in [2.75, 3.05) is 5.73 Å². The molecule has 0 aliphatic carbocycles. The number of rotatable bonds is 5. The van der Waals surface area contributed by atoms with Crippen LogP contribution in [0.2, 0.25) is 0 Å². The highest BCUT2D eigenvalue weighted by atomic mass is 32.2. The average molecular weight is 455 g/mol. The molecule has 1 amide bonds. The van der Waals surface area contributed by atoms with Crippen molar-refractivity contribution in [1.82, 2.24) is 14.5 Å². The number of anilines is 1. The molecule has 0 fully saturated rings. The molecule has 0 radical (unpaired) electrons. The van der Waals surface area contributed by atoms with Crippen LogP contribution in [0.25, 0.3) is 0 Å². The van der Waals surface area contributed by atoms with Crippen LogP contribution in [0.3, 0.4) is 0 Å². The number of carbonyl (C=O) groups excluding carboxylic acids is 1. The fraction of sp³-hybridized carbons (Fsp3) is 0.333. The lowest BCUT2D eigenvalue weighted by Gasteiger charge is -2.17. The number of nitrogen functional groups attached to an aromatic ring is 1. The second-order valence-corrected chi connectivity index (χ2v) is 10.9. The van der Waals surface area contributed by atoms with Crippen LogP contribution in [-0.4, -0.2) is 24.1 Å². The highest BCUT2D eigenvalue weighted by molar-refractivity contribution is 7.90. The van der Waals surface area contributed by atoms with Crippen molar-refractivity contribution in [3.8, 4) is 0 Å². The van der Waals surface area contributed by atoms with Crippen LogP contribution in [0.5, 0.6) is 0 Å². The standard InChI is InChI=1S/C24H30N4O3S/c1-15-10-16(2)20(17(3)11-15)13-28-14-21(22(26-28)24(4,5)6)23(29)27-32(30,31)19-9-7-8-18(25)12-19/h7-12,14H,13,25H2,1-6H3,(H,27,29). The lowest BCUT2D eigenvalue weighted by atomic mass is 9.89. The largest absolute Gasteiger partial charge is 0.399 e. The molecule has 2 aromatic carbocycles. The summed E-state index contributed by atoms with van der Waals surface area (Å²) in [6.07, 6.45) is 1.61. The molecule has 1 heterocycles. The number of carbonyl (C=O) groups is 1. The van der Waals surface area contributed by atoms with E-state index in [2.05, 4.69) is 42.7 Å². The van der Waals surface area contributed by atoms with Crippen LogP contribution in [-0.2, 0) is 22.0 Å². The van der Waals surface area contributed by atoms with Gasteiger partial charge in [0.1, 0.15) is 0 Å². The first-order chi connectivity index (χ1) is 14.8. The van der Waals surface area contributed by atoms with Crippen molar-refractivity contribution in [3.63, 3.8) is 0 Å². The summed E-state index contributed by atoms with van der Waals surface area (Å²) in [4.78, 5) is 13.0. The van der Waals surface area contributed by atoms with E-state index < -0.39 is 21.3 Å². The summed E-state index contributed by atoms with van der Waals surface area (Å²) < 4.78 is 29.3. The predicted molar refractivity (Wildman–Crippen MR) is 126 cm³/mol. The number of hydrogen-bond donors (Lipinski definition) is 2. The van der Waals surface area contributed by atoms with E-state index in [0.717, 1.165) is 16.7 Å². The molecular weight excluding hydrogens is 424 g/mol. The van der Waals surface area contributed by atoms with Crippen LogP contribution in [0.4, 0.5) is 5.69 Å². The average Bonchev–Trinajstić information content (AvgIpc) is 3.09. The normalized spacial score (nSPS) is 12.1. The Kier molecular flexibility index (Phi) is 6.20. The first-order valence-corrected chi connectivity index (χ1v) is 11.8. The van der Waals surface area contributed by atoms with Gasteiger partial charge in [0.25, 0.3) is 15.9 Å². The molecule has 170 valence electrons. The molecular formula is C24H30N4O3S. The SMILES string of the molecule is Cc1cc(C)c(Cn2cc(C(=O)NS(=O)(=O)c3cccc(N)c3)c(C(C)(C)C)n2)c(C)c1. The van der Waals surface area contributed by atoms with E-state index in [4.69, 9.17) is 5.73 Å². The van der Waals surface area contributed by atoms with Crippen molar-refractivity contribution in [1.29, 1.82) is 0 Å². The van der Waals surface area contributed by atoms with Gasteiger partial charge in [0.2, 0.25) is 0 Å². The third kappa shape index (κ3) is 5.02. The van der Waals surface area contributed by atoms with Gasteiger partial charge in [-0.05, 0) is 55.7 Å². The number of aryl methyl sites for hydroxylation is 3. The van der Waals surface area contributed by atoms with Gasteiger partial charge in [-0.25, -0.2) is 13.1 Å². The Labute approximate surface area is 189 Å². The number of aromatic nitrogens is 2. The number of nitrogens with one attached hydrogen (secondary N) is 1. The maximum atomic E-state index is 13.1. The minimum atomic E-state index is -4.08. The van der Waals surface area contributed by atoms with Crippen LogP contribution in [0, 0.1) is 20.8 Å². The maximum Gasteiger partial charge on any atom is 0.268 e. The zero-order valence-electron chi connectivity index (χ0n) is 19.4. The molecule has 3 aromatic rings. The van der Waals surface area contributed by atoms with E-state index >= 15 is 0 Å². The predicted octanol–water partition coefficient (Wildman–Crippen LogP) is 3.86. The summed E-state index contributed by atoms with van der Waals surface area (Å²) in [7, 11) is -4.08. The highest BCUT2D eigenvalue weighted by Crippen LogP contribution is 2.26. The molecule has 0 atom stereocenters. The Bertz CT molecular complexity index is 1260. The molecule has 0 saturated carbocycles. The van der Waals surface area contributed by atoms with E-state index in [0.29, 0.717) is 17.9 Å². The number of benzene rings is 2. The Morgan fingerprint density at radius 3 is 2.28 bits per heavy atom. The van der Waals surface area contributed by atoms with Gasteiger partial charge < -0.3 is 5.73 Å². The third-order valence-corrected chi connectivity index (χ3v) is 6.60. The van der Waals surface area contributed by atoms with Crippen molar-refractivity contribution < 1.29 is 13.2 Å².